The number of hydrogen-bond acceptors (Lipinski definition) is 2. The van der Waals surface area contributed by atoms with Gasteiger partial charge in [0.25, 0.3) is 0 Å². The van der Waals surface area contributed by atoms with Crippen molar-refractivity contribution in [2.24, 2.45) is 5.92 Å². The summed E-state index contributed by atoms with van der Waals surface area (Å²) < 4.78 is 2.08. The number of nitrogens with zero attached hydrogens (tertiary/aromatic N) is 2. The van der Waals surface area contributed by atoms with Gasteiger partial charge in [0.1, 0.15) is 11.5 Å². The van der Waals surface area contributed by atoms with E-state index in [1.807, 2.05) is 18.2 Å². The molecule has 0 bridgehead atoms. The average molecular weight is 226 g/mol. The Morgan fingerprint density at radius 3 is 2.82 bits per heavy atom. The highest BCUT2D eigenvalue weighted by Crippen LogP contribution is 2.36. The van der Waals surface area contributed by atoms with Crippen LogP contribution in [0.15, 0.2) is 36.5 Å². The van der Waals surface area contributed by atoms with Gasteiger partial charge in [-0.3, -0.25) is 4.79 Å². The zero-order chi connectivity index (χ0) is 11.8. The van der Waals surface area contributed by atoms with Crippen molar-refractivity contribution in [1.29, 1.82) is 0 Å². The van der Waals surface area contributed by atoms with Crippen LogP contribution in [-0.4, -0.2) is 15.8 Å². The van der Waals surface area contributed by atoms with Gasteiger partial charge in [-0.15, -0.1) is 0 Å². The molecule has 2 heterocycles. The van der Waals surface area contributed by atoms with E-state index in [0.717, 1.165) is 18.5 Å². The maximum absolute atomic E-state index is 11.1. The summed E-state index contributed by atoms with van der Waals surface area (Å²) in [6.45, 7) is 2.21. The predicted octanol–water partition coefficient (Wildman–Crippen LogP) is 2.48. The third kappa shape index (κ3) is 1.50. The van der Waals surface area contributed by atoms with E-state index in [0.29, 0.717) is 11.6 Å². The van der Waals surface area contributed by atoms with Crippen molar-refractivity contribution < 1.29 is 4.79 Å². The molecular weight excluding hydrogens is 212 g/mol. The van der Waals surface area contributed by atoms with Gasteiger partial charge in [-0.1, -0.05) is 37.3 Å². The van der Waals surface area contributed by atoms with E-state index in [1.54, 1.807) is 6.20 Å². The molecule has 0 fully saturated rings. The van der Waals surface area contributed by atoms with Gasteiger partial charge in [-0.2, -0.15) is 0 Å². The summed E-state index contributed by atoms with van der Waals surface area (Å²) in [6, 6.07) is 10.6. The first-order chi connectivity index (χ1) is 8.31. The quantitative estimate of drug-likeness (QED) is 0.737. The molecule has 3 rings (SSSR count). The summed E-state index contributed by atoms with van der Waals surface area (Å²) >= 11 is 0. The molecule has 1 aromatic heterocycles. The molecule has 0 N–H and O–H groups in total. The lowest BCUT2D eigenvalue weighted by Gasteiger charge is -2.19. The lowest BCUT2D eigenvalue weighted by molar-refractivity contribution is 0.111. The van der Waals surface area contributed by atoms with Crippen LogP contribution in [0.25, 0.3) is 0 Å². The van der Waals surface area contributed by atoms with Gasteiger partial charge in [0.2, 0.25) is 0 Å². The Kier molecular flexibility index (Phi) is 2.32. The molecule has 86 valence electrons. The fraction of sp³-hybridized carbons (Fsp3) is 0.286. The van der Waals surface area contributed by atoms with Gasteiger partial charge in [0, 0.05) is 6.42 Å². The molecule has 3 nitrogen and oxygen atoms in total. The molecule has 0 radical (unpaired) electrons. The second-order valence-electron chi connectivity index (χ2n) is 4.62. The first-order valence-electron chi connectivity index (χ1n) is 5.87. The van der Waals surface area contributed by atoms with E-state index in [9.17, 15) is 4.79 Å². The number of imidazole rings is 1. The van der Waals surface area contributed by atoms with Gasteiger partial charge in [-0.05, 0) is 11.5 Å². The van der Waals surface area contributed by atoms with Gasteiger partial charge in [-0.25, -0.2) is 4.98 Å². The Bertz CT molecular complexity index is 545. The molecule has 0 amide bonds. The smallest absolute Gasteiger partial charge is 0.168 e. The molecule has 0 saturated heterocycles. The molecule has 0 spiro atoms. The van der Waals surface area contributed by atoms with E-state index < -0.39 is 0 Å². The highest BCUT2D eigenvalue weighted by atomic mass is 16.1. The monoisotopic (exact) mass is 226 g/mol. The molecular formula is C14H14N2O. The van der Waals surface area contributed by atoms with Gasteiger partial charge in [0.15, 0.2) is 6.29 Å². The van der Waals surface area contributed by atoms with Crippen molar-refractivity contribution in [1.82, 2.24) is 9.55 Å². The molecule has 2 unspecified atom stereocenters. The van der Waals surface area contributed by atoms with E-state index in [2.05, 4.69) is 28.6 Å². The summed E-state index contributed by atoms with van der Waals surface area (Å²) in [5.74, 6) is 1.51. The van der Waals surface area contributed by atoms with Gasteiger partial charge >= 0.3 is 0 Å². The normalized spacial score (nSPS) is 22.4. The highest BCUT2D eigenvalue weighted by Gasteiger charge is 2.32. The number of rotatable bonds is 2. The molecule has 17 heavy (non-hydrogen) atoms. The number of aromatic nitrogens is 2. The molecule has 1 aromatic carbocycles. The fourth-order valence-corrected chi connectivity index (χ4v) is 2.76. The minimum absolute atomic E-state index is 0.244. The van der Waals surface area contributed by atoms with E-state index in [1.165, 1.54) is 5.56 Å². The summed E-state index contributed by atoms with van der Waals surface area (Å²) in [4.78, 5) is 15.4. The summed E-state index contributed by atoms with van der Waals surface area (Å²) in [5, 5.41) is 0. The Morgan fingerprint density at radius 2 is 2.12 bits per heavy atom. The number of carbonyl (C=O) groups is 1. The number of benzene rings is 1. The molecule has 3 heteroatoms. The zero-order valence-corrected chi connectivity index (χ0v) is 9.71. The molecule has 0 saturated carbocycles. The van der Waals surface area contributed by atoms with Crippen molar-refractivity contribution in [3.05, 3.63) is 53.6 Å². The lowest BCUT2D eigenvalue weighted by Crippen LogP contribution is -2.14. The summed E-state index contributed by atoms with van der Waals surface area (Å²) in [5.41, 5.74) is 1.93. The summed E-state index contributed by atoms with van der Waals surface area (Å²) in [6.07, 6.45) is 3.50. The average Bonchev–Trinajstić information content (AvgIpc) is 2.87. The van der Waals surface area contributed by atoms with Gasteiger partial charge < -0.3 is 4.57 Å². The largest absolute Gasteiger partial charge is 0.318 e. The molecule has 2 atom stereocenters. The van der Waals surface area contributed by atoms with Crippen molar-refractivity contribution in [2.75, 3.05) is 0 Å². The number of carbonyl (C=O) groups excluding carboxylic acids is 1. The second kappa shape index (κ2) is 3.84. The van der Waals surface area contributed by atoms with E-state index in [-0.39, 0.29) is 6.04 Å². The first kappa shape index (κ1) is 10.3. The molecule has 1 aliphatic rings. The second-order valence-corrected chi connectivity index (χ2v) is 4.62. The van der Waals surface area contributed by atoms with E-state index in [4.69, 9.17) is 0 Å². The first-order valence-corrected chi connectivity index (χ1v) is 5.87. The Hall–Kier alpha value is -1.90. The summed E-state index contributed by atoms with van der Waals surface area (Å²) in [7, 11) is 0. The maximum Gasteiger partial charge on any atom is 0.168 e. The molecule has 0 aliphatic carbocycles. The van der Waals surface area contributed by atoms with Crippen LogP contribution in [0, 0.1) is 5.92 Å². The maximum atomic E-state index is 11.1. The van der Waals surface area contributed by atoms with Gasteiger partial charge in [0.05, 0.1) is 12.2 Å². The van der Waals surface area contributed by atoms with Crippen LogP contribution in [0.3, 0.4) is 0 Å². The van der Waals surface area contributed by atoms with Crippen LogP contribution in [-0.2, 0) is 6.42 Å². The topological polar surface area (TPSA) is 34.9 Å². The third-order valence-electron chi connectivity index (χ3n) is 3.49. The van der Waals surface area contributed by atoms with E-state index >= 15 is 0 Å². The number of aldehydes is 1. The van der Waals surface area contributed by atoms with Crippen LogP contribution < -0.4 is 0 Å². The molecule has 2 aromatic rings. The number of hydrogen-bond donors (Lipinski definition) is 0. The van der Waals surface area contributed by atoms with Crippen LogP contribution in [0.2, 0.25) is 0 Å². The minimum Gasteiger partial charge on any atom is -0.318 e. The highest BCUT2D eigenvalue weighted by molar-refractivity contribution is 5.72. The molecule has 1 aliphatic heterocycles. The lowest BCUT2D eigenvalue weighted by atomic mass is 9.95. The Morgan fingerprint density at radius 1 is 1.35 bits per heavy atom. The van der Waals surface area contributed by atoms with Crippen LogP contribution in [0.1, 0.15) is 34.8 Å². The van der Waals surface area contributed by atoms with Crippen LogP contribution in [0.5, 0.6) is 0 Å². The third-order valence-corrected chi connectivity index (χ3v) is 3.49. The zero-order valence-electron chi connectivity index (χ0n) is 9.71. The van der Waals surface area contributed by atoms with Crippen LogP contribution in [0.4, 0.5) is 0 Å². The predicted molar refractivity (Wildman–Crippen MR) is 65.1 cm³/mol. The minimum atomic E-state index is 0.244. The van der Waals surface area contributed by atoms with Crippen molar-refractivity contribution in [2.45, 2.75) is 19.4 Å². The Labute approximate surface area is 100 Å². The van der Waals surface area contributed by atoms with Crippen molar-refractivity contribution in [3.63, 3.8) is 0 Å². The van der Waals surface area contributed by atoms with Crippen molar-refractivity contribution >= 4 is 6.29 Å². The van der Waals surface area contributed by atoms with Crippen LogP contribution >= 0.6 is 0 Å². The fourth-order valence-electron chi connectivity index (χ4n) is 2.76. The standard InChI is InChI=1S/C14H14N2O/c1-10-7-13-15-8-12(9-17)16(13)14(10)11-5-3-2-4-6-11/h2-6,8-10,14H,7H2,1H3. The van der Waals surface area contributed by atoms with Crippen molar-refractivity contribution in [3.8, 4) is 0 Å². The Balaban J connectivity index is 2.13. The number of fused-ring (bicyclic) bond motifs is 1. The SMILES string of the molecule is CC1Cc2ncc(C=O)n2C1c1ccccc1.